The molecule has 2 aromatic carbocycles. The molecule has 0 atom stereocenters. The Hall–Kier alpha value is -1.95. The quantitative estimate of drug-likeness (QED) is 0.777. The molecule has 6 heteroatoms. The molecule has 1 heterocycles. The van der Waals surface area contributed by atoms with E-state index in [0.717, 1.165) is 22.7 Å². The summed E-state index contributed by atoms with van der Waals surface area (Å²) in [5, 5.41) is 0. The Morgan fingerprint density at radius 2 is 1.86 bits per heavy atom. The molecule has 1 aliphatic rings. The van der Waals surface area contributed by atoms with Crippen LogP contribution in [0.4, 0.5) is 18.9 Å². The lowest BCUT2D eigenvalue weighted by molar-refractivity contribution is -0.137. The highest BCUT2D eigenvalue weighted by Gasteiger charge is 2.32. The Labute approximate surface area is 123 Å². The van der Waals surface area contributed by atoms with Crippen LogP contribution in [0, 0.1) is 0 Å². The van der Waals surface area contributed by atoms with Crippen molar-refractivity contribution < 1.29 is 18.0 Å². The number of rotatable bonds is 1. The van der Waals surface area contributed by atoms with Gasteiger partial charge in [0.15, 0.2) is 0 Å². The molecule has 21 heavy (non-hydrogen) atoms. The number of alkyl halides is 3. The predicted octanol–water partition coefficient (Wildman–Crippen LogP) is 4.42. The van der Waals surface area contributed by atoms with Gasteiger partial charge >= 0.3 is 6.18 Å². The van der Waals surface area contributed by atoms with Crippen LogP contribution < -0.4 is 4.90 Å². The number of carbonyl (C=O) groups is 1. The van der Waals surface area contributed by atoms with E-state index in [1.54, 1.807) is 12.1 Å². The summed E-state index contributed by atoms with van der Waals surface area (Å²) in [5.41, 5.74) is -0.0273. The monoisotopic (exact) mass is 309 g/mol. The van der Waals surface area contributed by atoms with Gasteiger partial charge in [-0.25, -0.2) is 0 Å². The molecule has 0 N–H and O–H groups in total. The number of thioether (sulfide) groups is 1. The van der Waals surface area contributed by atoms with Crippen molar-refractivity contribution in [3.63, 3.8) is 0 Å². The van der Waals surface area contributed by atoms with Crippen molar-refractivity contribution in [2.75, 3.05) is 10.8 Å². The van der Waals surface area contributed by atoms with E-state index in [4.69, 9.17) is 0 Å². The summed E-state index contributed by atoms with van der Waals surface area (Å²) in [7, 11) is 0. The highest BCUT2D eigenvalue weighted by atomic mass is 32.2. The molecule has 2 nitrogen and oxygen atoms in total. The Morgan fingerprint density at radius 1 is 1.10 bits per heavy atom. The molecule has 0 aliphatic carbocycles. The van der Waals surface area contributed by atoms with E-state index in [-0.39, 0.29) is 5.56 Å². The number of carbonyl (C=O) groups excluding carboxylic acids is 1. The largest absolute Gasteiger partial charge is 0.416 e. The van der Waals surface area contributed by atoms with E-state index >= 15 is 0 Å². The van der Waals surface area contributed by atoms with Crippen molar-refractivity contribution in [1.29, 1.82) is 0 Å². The minimum absolute atomic E-state index is 0.0436. The number of hydrogen-bond donors (Lipinski definition) is 0. The van der Waals surface area contributed by atoms with Gasteiger partial charge < -0.3 is 0 Å². The minimum Gasteiger partial charge on any atom is -0.297 e. The summed E-state index contributed by atoms with van der Waals surface area (Å²) >= 11 is 1.49. The maximum absolute atomic E-state index is 12.7. The molecule has 1 amide bonds. The SMILES string of the molecule is O=C(c1cccc(C(F)(F)F)c1)N1CSc2ccccc21. The van der Waals surface area contributed by atoms with Crippen LogP contribution in [-0.4, -0.2) is 11.8 Å². The van der Waals surface area contributed by atoms with E-state index in [1.807, 2.05) is 12.1 Å². The van der Waals surface area contributed by atoms with Gasteiger partial charge in [0.05, 0.1) is 17.1 Å². The van der Waals surface area contributed by atoms with Crippen molar-refractivity contribution >= 4 is 23.4 Å². The van der Waals surface area contributed by atoms with Crippen molar-refractivity contribution in [2.24, 2.45) is 0 Å². The van der Waals surface area contributed by atoms with Crippen LogP contribution in [0.15, 0.2) is 53.4 Å². The second-order valence-electron chi connectivity index (χ2n) is 4.55. The zero-order chi connectivity index (χ0) is 15.0. The van der Waals surface area contributed by atoms with Crippen LogP contribution in [-0.2, 0) is 6.18 Å². The topological polar surface area (TPSA) is 20.3 Å². The molecular formula is C15H10F3NOS. The second-order valence-corrected chi connectivity index (χ2v) is 5.54. The number of para-hydroxylation sites is 1. The van der Waals surface area contributed by atoms with Gasteiger partial charge in [0.25, 0.3) is 5.91 Å². The number of hydrogen-bond acceptors (Lipinski definition) is 2. The first-order chi connectivity index (χ1) is 9.97. The van der Waals surface area contributed by atoms with E-state index in [9.17, 15) is 18.0 Å². The summed E-state index contributed by atoms with van der Waals surface area (Å²) in [4.78, 5) is 14.9. The molecule has 0 bridgehead atoms. The molecule has 3 rings (SSSR count). The summed E-state index contributed by atoms with van der Waals surface area (Å²) in [6.45, 7) is 0. The summed E-state index contributed by atoms with van der Waals surface area (Å²) in [6, 6.07) is 11.9. The van der Waals surface area contributed by atoms with Gasteiger partial charge in [-0.05, 0) is 30.3 Å². The normalized spacial score (nSPS) is 14.1. The van der Waals surface area contributed by atoms with Crippen LogP contribution in [0.25, 0.3) is 0 Å². The smallest absolute Gasteiger partial charge is 0.297 e. The molecule has 0 fully saturated rings. The number of amides is 1. The first-order valence-corrected chi connectivity index (χ1v) is 7.16. The Kier molecular flexibility index (Phi) is 3.41. The van der Waals surface area contributed by atoms with Crippen LogP contribution >= 0.6 is 11.8 Å². The first kappa shape index (κ1) is 14.0. The lowest BCUT2D eigenvalue weighted by atomic mass is 10.1. The standard InChI is InChI=1S/C15H10F3NOS/c16-15(17,18)11-5-3-4-10(8-11)14(20)19-9-21-13-7-2-1-6-12(13)19/h1-8H,9H2. The third-order valence-electron chi connectivity index (χ3n) is 3.19. The van der Waals surface area contributed by atoms with E-state index in [1.165, 1.54) is 28.8 Å². The molecule has 0 saturated carbocycles. The zero-order valence-electron chi connectivity index (χ0n) is 10.7. The number of halogens is 3. The van der Waals surface area contributed by atoms with Crippen molar-refractivity contribution in [3.8, 4) is 0 Å². The van der Waals surface area contributed by atoms with Gasteiger partial charge in [-0.1, -0.05) is 18.2 Å². The second kappa shape index (κ2) is 5.11. The predicted molar refractivity (Wildman–Crippen MR) is 75.4 cm³/mol. The van der Waals surface area contributed by atoms with E-state index in [0.29, 0.717) is 5.88 Å². The van der Waals surface area contributed by atoms with Crippen molar-refractivity contribution in [1.82, 2.24) is 0 Å². The molecule has 108 valence electrons. The van der Waals surface area contributed by atoms with E-state index in [2.05, 4.69) is 0 Å². The number of fused-ring (bicyclic) bond motifs is 1. The third-order valence-corrected chi connectivity index (χ3v) is 4.23. The van der Waals surface area contributed by atoms with Crippen LogP contribution in [0.2, 0.25) is 0 Å². The maximum atomic E-state index is 12.7. The van der Waals surface area contributed by atoms with Crippen LogP contribution in [0.1, 0.15) is 15.9 Å². The Morgan fingerprint density at radius 3 is 2.62 bits per heavy atom. The van der Waals surface area contributed by atoms with Crippen LogP contribution in [0.3, 0.4) is 0 Å². The highest BCUT2D eigenvalue weighted by Crippen LogP contribution is 2.39. The van der Waals surface area contributed by atoms with Gasteiger partial charge in [0.1, 0.15) is 0 Å². The minimum atomic E-state index is -4.45. The molecule has 1 aliphatic heterocycles. The summed E-state index contributed by atoms with van der Waals surface area (Å²) < 4.78 is 38.2. The molecular weight excluding hydrogens is 299 g/mol. The van der Waals surface area contributed by atoms with Crippen LogP contribution in [0.5, 0.6) is 0 Å². The fourth-order valence-electron chi connectivity index (χ4n) is 2.16. The molecule has 0 spiro atoms. The average molecular weight is 309 g/mol. The fraction of sp³-hybridized carbons (Fsp3) is 0.133. The number of nitrogens with zero attached hydrogens (tertiary/aromatic N) is 1. The molecule has 0 unspecified atom stereocenters. The summed E-state index contributed by atoms with van der Waals surface area (Å²) in [5.74, 6) is -0.00687. The molecule has 0 radical (unpaired) electrons. The Bertz CT molecular complexity index is 699. The van der Waals surface area contributed by atoms with Gasteiger partial charge in [-0.2, -0.15) is 13.2 Å². The molecule has 0 saturated heterocycles. The van der Waals surface area contributed by atoms with Gasteiger partial charge in [0, 0.05) is 10.5 Å². The molecule has 0 aromatic heterocycles. The molecule has 2 aromatic rings. The van der Waals surface area contributed by atoms with Crippen molar-refractivity contribution in [2.45, 2.75) is 11.1 Å². The van der Waals surface area contributed by atoms with Gasteiger partial charge in [-0.3, -0.25) is 9.69 Å². The highest BCUT2D eigenvalue weighted by molar-refractivity contribution is 8.00. The average Bonchev–Trinajstić information content (AvgIpc) is 2.90. The van der Waals surface area contributed by atoms with Crippen molar-refractivity contribution in [3.05, 3.63) is 59.7 Å². The lowest BCUT2D eigenvalue weighted by Gasteiger charge is -2.17. The van der Waals surface area contributed by atoms with E-state index < -0.39 is 17.6 Å². The third kappa shape index (κ3) is 2.63. The fourth-order valence-corrected chi connectivity index (χ4v) is 3.18. The number of benzene rings is 2. The first-order valence-electron chi connectivity index (χ1n) is 6.18. The maximum Gasteiger partial charge on any atom is 0.416 e. The Balaban J connectivity index is 1.94. The number of anilines is 1. The van der Waals surface area contributed by atoms with Gasteiger partial charge in [0.2, 0.25) is 0 Å². The zero-order valence-corrected chi connectivity index (χ0v) is 11.5. The van der Waals surface area contributed by atoms with Gasteiger partial charge in [-0.15, -0.1) is 11.8 Å². The lowest BCUT2D eigenvalue weighted by Crippen LogP contribution is -2.28. The summed E-state index contributed by atoms with van der Waals surface area (Å²) in [6.07, 6.45) is -4.45.